The van der Waals surface area contributed by atoms with Gasteiger partial charge in [-0.05, 0) is 36.6 Å². The fourth-order valence-electron chi connectivity index (χ4n) is 1.55. The number of benzene rings is 1. The first-order chi connectivity index (χ1) is 9.69. The van der Waals surface area contributed by atoms with Crippen LogP contribution in [0.1, 0.15) is 28.8 Å². The van der Waals surface area contributed by atoms with Crippen molar-refractivity contribution in [2.24, 2.45) is 0 Å². The normalized spacial score (nSPS) is 9.75. The number of halogens is 1. The number of nitrogens with one attached hydrogen (secondary N) is 1. The highest BCUT2D eigenvalue weighted by Crippen LogP contribution is 2.10. The molecule has 1 amide bonds. The quantitative estimate of drug-likeness (QED) is 0.624. The molecule has 0 atom stereocenters. The van der Waals surface area contributed by atoms with Crippen molar-refractivity contribution in [3.63, 3.8) is 0 Å². The minimum Gasteiger partial charge on any atom is -0.395 e. The number of amides is 1. The van der Waals surface area contributed by atoms with Gasteiger partial charge in [0, 0.05) is 18.5 Å². The molecule has 0 bridgehead atoms. The molecule has 0 saturated carbocycles. The molecular weight excluding hydrogens is 277 g/mol. The average molecular weight is 295 g/mol. The number of aliphatic hydroxyl groups excluding tert-OH is 1. The lowest BCUT2D eigenvalue weighted by molar-refractivity contribution is 0.0953. The summed E-state index contributed by atoms with van der Waals surface area (Å²) >= 11 is 1.72. The Balaban J connectivity index is 2.77. The Morgan fingerprint density at radius 1 is 1.50 bits per heavy atom. The Bertz CT molecular complexity index is 508. The Labute approximate surface area is 123 Å². The van der Waals surface area contributed by atoms with Crippen molar-refractivity contribution in [2.75, 3.05) is 25.2 Å². The van der Waals surface area contributed by atoms with E-state index < -0.39 is 5.82 Å². The first-order valence-corrected chi connectivity index (χ1v) is 7.75. The smallest absolute Gasteiger partial charge is 0.252 e. The third-order valence-electron chi connectivity index (χ3n) is 2.50. The van der Waals surface area contributed by atoms with Gasteiger partial charge in [-0.1, -0.05) is 11.8 Å². The zero-order valence-corrected chi connectivity index (χ0v) is 12.2. The molecule has 3 nitrogen and oxygen atoms in total. The largest absolute Gasteiger partial charge is 0.395 e. The topological polar surface area (TPSA) is 49.3 Å². The van der Waals surface area contributed by atoms with Gasteiger partial charge in [-0.3, -0.25) is 4.79 Å². The van der Waals surface area contributed by atoms with Gasteiger partial charge in [-0.2, -0.15) is 11.8 Å². The fraction of sp³-hybridized carbons (Fsp3) is 0.400. The van der Waals surface area contributed by atoms with Crippen LogP contribution in [-0.2, 0) is 0 Å². The van der Waals surface area contributed by atoms with Gasteiger partial charge in [-0.25, -0.2) is 4.39 Å². The molecule has 0 radical (unpaired) electrons. The second-order valence-electron chi connectivity index (χ2n) is 4.07. The highest BCUT2D eigenvalue weighted by molar-refractivity contribution is 7.98. The van der Waals surface area contributed by atoms with Gasteiger partial charge in [0.1, 0.15) is 5.82 Å². The Hall–Kier alpha value is -1.51. The summed E-state index contributed by atoms with van der Waals surface area (Å²) in [6.45, 7) is 0.527. The third kappa shape index (κ3) is 5.64. The van der Waals surface area contributed by atoms with Crippen molar-refractivity contribution in [2.45, 2.75) is 12.8 Å². The zero-order chi connectivity index (χ0) is 14.8. The van der Waals surface area contributed by atoms with Gasteiger partial charge in [0.05, 0.1) is 12.2 Å². The number of carbonyl (C=O) groups is 1. The number of carbonyl (C=O) groups excluding carboxylic acids is 1. The second-order valence-corrected chi connectivity index (χ2v) is 5.05. The van der Waals surface area contributed by atoms with Gasteiger partial charge in [0.15, 0.2) is 0 Å². The Morgan fingerprint density at radius 2 is 2.30 bits per heavy atom. The van der Waals surface area contributed by atoms with Crippen LogP contribution in [-0.4, -0.2) is 36.2 Å². The van der Waals surface area contributed by atoms with E-state index in [2.05, 4.69) is 17.2 Å². The number of thioether (sulfide) groups is 1. The predicted octanol–water partition coefficient (Wildman–Crippen LogP) is 2.04. The van der Waals surface area contributed by atoms with E-state index in [1.807, 2.05) is 6.26 Å². The van der Waals surface area contributed by atoms with Crippen molar-refractivity contribution in [3.05, 3.63) is 35.1 Å². The summed E-state index contributed by atoms with van der Waals surface area (Å²) in [5.41, 5.74) is 0.710. The summed E-state index contributed by atoms with van der Waals surface area (Å²) in [5.74, 6) is 5.72. The van der Waals surface area contributed by atoms with E-state index in [9.17, 15) is 9.18 Å². The van der Waals surface area contributed by atoms with Crippen LogP contribution in [0.2, 0.25) is 0 Å². The molecule has 108 valence electrons. The minimum atomic E-state index is -0.433. The van der Waals surface area contributed by atoms with Crippen LogP contribution < -0.4 is 5.32 Å². The lowest BCUT2D eigenvalue weighted by atomic mass is 10.1. The number of hydrogen-bond acceptors (Lipinski definition) is 3. The van der Waals surface area contributed by atoms with E-state index in [0.717, 1.165) is 12.2 Å². The molecule has 2 N–H and O–H groups in total. The molecule has 0 heterocycles. The third-order valence-corrected chi connectivity index (χ3v) is 3.19. The van der Waals surface area contributed by atoms with Crippen LogP contribution in [0.4, 0.5) is 4.39 Å². The van der Waals surface area contributed by atoms with Gasteiger partial charge >= 0.3 is 0 Å². The molecule has 1 aromatic rings. The summed E-state index contributed by atoms with van der Waals surface area (Å²) in [5, 5.41) is 11.5. The summed E-state index contributed by atoms with van der Waals surface area (Å²) in [7, 11) is 0. The molecule has 5 heteroatoms. The highest BCUT2D eigenvalue weighted by Gasteiger charge is 2.10. The van der Waals surface area contributed by atoms with E-state index in [1.165, 1.54) is 18.2 Å². The summed E-state index contributed by atoms with van der Waals surface area (Å²) in [4.78, 5) is 12.0. The number of aliphatic hydroxyl groups is 1. The van der Waals surface area contributed by atoms with Gasteiger partial charge in [0.25, 0.3) is 5.91 Å². The van der Waals surface area contributed by atoms with E-state index >= 15 is 0 Å². The van der Waals surface area contributed by atoms with Crippen molar-refractivity contribution < 1.29 is 14.3 Å². The number of hydrogen-bond donors (Lipinski definition) is 2. The van der Waals surface area contributed by atoms with Crippen molar-refractivity contribution in [3.8, 4) is 11.8 Å². The van der Waals surface area contributed by atoms with Crippen LogP contribution in [0.25, 0.3) is 0 Å². The number of rotatable bonds is 6. The van der Waals surface area contributed by atoms with Gasteiger partial charge in [0.2, 0.25) is 0 Å². The van der Waals surface area contributed by atoms with Crippen LogP contribution >= 0.6 is 11.8 Å². The maximum atomic E-state index is 13.2. The molecule has 0 aliphatic heterocycles. The lowest BCUT2D eigenvalue weighted by Crippen LogP contribution is -2.25. The summed E-state index contributed by atoms with van der Waals surface area (Å²) < 4.78 is 13.2. The molecule has 0 aromatic heterocycles. The van der Waals surface area contributed by atoms with Crippen LogP contribution in [0.3, 0.4) is 0 Å². The molecule has 0 aliphatic rings. The van der Waals surface area contributed by atoms with Crippen molar-refractivity contribution in [1.29, 1.82) is 0 Å². The molecule has 1 rings (SSSR count). The molecule has 0 spiro atoms. The van der Waals surface area contributed by atoms with Crippen LogP contribution in [0, 0.1) is 17.7 Å². The molecule has 0 aliphatic carbocycles. The molecule has 0 saturated heterocycles. The standard InChI is InChI=1S/C15H18FNO2S/c1-20-10-4-8-17-15(19)14-7-6-13(16)11-12(14)5-2-3-9-18/h6-7,11,18H,3-4,8-10H2,1H3,(H,17,19). The minimum absolute atomic E-state index is 0.0570. The first kappa shape index (κ1) is 16.5. The zero-order valence-electron chi connectivity index (χ0n) is 11.4. The lowest BCUT2D eigenvalue weighted by Gasteiger charge is -2.06. The van der Waals surface area contributed by atoms with E-state index in [-0.39, 0.29) is 12.5 Å². The van der Waals surface area contributed by atoms with Crippen LogP contribution in [0.15, 0.2) is 18.2 Å². The fourth-order valence-corrected chi connectivity index (χ4v) is 1.98. The molecular formula is C15H18FNO2S. The van der Waals surface area contributed by atoms with E-state index in [1.54, 1.807) is 11.8 Å². The summed E-state index contributed by atoms with van der Waals surface area (Å²) in [6.07, 6.45) is 3.20. The maximum absolute atomic E-state index is 13.2. The Kier molecular flexibility index (Phi) is 7.78. The van der Waals surface area contributed by atoms with Crippen molar-refractivity contribution >= 4 is 17.7 Å². The van der Waals surface area contributed by atoms with Gasteiger partial charge < -0.3 is 10.4 Å². The van der Waals surface area contributed by atoms with Crippen LogP contribution in [0.5, 0.6) is 0 Å². The Morgan fingerprint density at radius 3 is 3.00 bits per heavy atom. The van der Waals surface area contributed by atoms with E-state index in [4.69, 9.17) is 5.11 Å². The molecule has 0 unspecified atom stereocenters. The molecule has 20 heavy (non-hydrogen) atoms. The molecule has 1 aromatic carbocycles. The summed E-state index contributed by atoms with van der Waals surface area (Å²) in [6, 6.07) is 3.91. The monoisotopic (exact) mass is 295 g/mol. The maximum Gasteiger partial charge on any atom is 0.252 e. The van der Waals surface area contributed by atoms with Gasteiger partial charge in [-0.15, -0.1) is 0 Å². The second kappa shape index (κ2) is 9.40. The SMILES string of the molecule is CSCCCNC(=O)c1ccc(F)cc1C#CCCO. The average Bonchev–Trinajstić information content (AvgIpc) is 2.44. The van der Waals surface area contributed by atoms with Crippen molar-refractivity contribution in [1.82, 2.24) is 5.32 Å². The molecule has 0 fully saturated rings. The predicted molar refractivity (Wildman–Crippen MR) is 80.3 cm³/mol. The van der Waals surface area contributed by atoms with E-state index in [0.29, 0.717) is 24.1 Å². The highest BCUT2D eigenvalue weighted by atomic mass is 32.2. The first-order valence-electron chi connectivity index (χ1n) is 6.35.